The molecule has 3 nitrogen and oxygen atoms in total. The van der Waals surface area contributed by atoms with E-state index in [4.69, 9.17) is 0 Å². The zero-order valence-electron chi connectivity index (χ0n) is 47.8. The van der Waals surface area contributed by atoms with Crippen molar-refractivity contribution >= 4 is 62.9 Å². The number of benzene rings is 7. The molecule has 2 saturated carbocycles. The molecule has 7 aromatic rings. The summed E-state index contributed by atoms with van der Waals surface area (Å²) in [6.45, 7) is 34.3. The minimum absolute atomic E-state index is 0.00928. The molecule has 382 valence electrons. The van der Waals surface area contributed by atoms with Crippen LogP contribution in [0.5, 0.6) is 0 Å². The molecule has 0 N–H and O–H groups in total. The van der Waals surface area contributed by atoms with E-state index in [0.717, 1.165) is 19.3 Å². The van der Waals surface area contributed by atoms with Crippen molar-refractivity contribution in [2.45, 2.75) is 186 Å². The van der Waals surface area contributed by atoms with E-state index in [2.05, 4.69) is 245 Å². The summed E-state index contributed by atoms with van der Waals surface area (Å²) in [6, 6.07) is 53.6. The van der Waals surface area contributed by atoms with Gasteiger partial charge in [0.05, 0.1) is 16.8 Å². The van der Waals surface area contributed by atoms with Gasteiger partial charge >= 0.3 is 0 Å². The number of hydrogen-bond donors (Lipinski definition) is 0. The standard InChI is InChI=1S/C71H80BN3/c1-45-39-46(2)62-64-61(45)68(12)35-21-22-36-69(68,13)75(64)60-44-52(74-57-33-30-50(66(6,7)8)41-54(57)71(48-27-19-16-20-28-48)38-24-23-37-70(71,74)14)43-59-63(60)72(62)55-42-51(67(9,10)11)31-34-58(55)73(59)56-32-29-49(65(3,4)5)40-53(56)47-25-17-15-18-26-47/h15-20,25-34,39-44H,21-24,35-38H2,1-14H3. The van der Waals surface area contributed by atoms with Gasteiger partial charge in [0.2, 0.25) is 0 Å². The molecule has 4 heteroatoms. The molecule has 0 radical (unpaired) electrons. The van der Waals surface area contributed by atoms with E-state index in [9.17, 15) is 0 Å². The van der Waals surface area contributed by atoms with E-state index in [1.54, 1.807) is 5.56 Å². The van der Waals surface area contributed by atoms with Gasteiger partial charge < -0.3 is 14.7 Å². The smallest absolute Gasteiger partial charge is 0.252 e. The van der Waals surface area contributed by atoms with Gasteiger partial charge in [0.15, 0.2) is 0 Å². The fraction of sp³-hybridized carbons (Fsp3) is 0.408. The Hall–Kier alpha value is -6.00. The highest BCUT2D eigenvalue weighted by molar-refractivity contribution is 7.00. The highest BCUT2D eigenvalue weighted by Crippen LogP contribution is 2.67. The molecule has 2 aliphatic carbocycles. The molecule has 4 aliphatic heterocycles. The minimum atomic E-state index is -0.243. The highest BCUT2D eigenvalue weighted by atomic mass is 15.3. The molecular weight excluding hydrogens is 906 g/mol. The third kappa shape index (κ3) is 6.53. The lowest BCUT2D eigenvalue weighted by Gasteiger charge is -2.54. The molecule has 75 heavy (non-hydrogen) atoms. The second-order valence-corrected chi connectivity index (χ2v) is 27.9. The minimum Gasteiger partial charge on any atom is -0.335 e. The van der Waals surface area contributed by atoms with Crippen LogP contribution in [0.4, 0.5) is 39.8 Å². The van der Waals surface area contributed by atoms with Crippen LogP contribution in [0, 0.1) is 13.8 Å². The Morgan fingerprint density at radius 2 is 1.03 bits per heavy atom. The van der Waals surface area contributed by atoms with Gasteiger partial charge in [-0.2, -0.15) is 0 Å². The second-order valence-electron chi connectivity index (χ2n) is 27.9. The topological polar surface area (TPSA) is 9.72 Å². The summed E-state index contributed by atoms with van der Waals surface area (Å²) >= 11 is 0. The zero-order chi connectivity index (χ0) is 52.6. The van der Waals surface area contributed by atoms with Gasteiger partial charge in [0.25, 0.3) is 6.71 Å². The van der Waals surface area contributed by atoms with E-state index in [1.165, 1.54) is 138 Å². The first kappa shape index (κ1) is 48.6. The maximum absolute atomic E-state index is 2.99. The quantitative estimate of drug-likeness (QED) is 0.163. The van der Waals surface area contributed by atoms with Crippen molar-refractivity contribution < 1.29 is 0 Å². The molecule has 13 rings (SSSR count). The lowest BCUT2D eigenvalue weighted by molar-refractivity contribution is 0.194. The first-order chi connectivity index (χ1) is 35.5. The van der Waals surface area contributed by atoms with Crippen LogP contribution in [0.1, 0.15) is 179 Å². The van der Waals surface area contributed by atoms with Crippen LogP contribution in [0.3, 0.4) is 0 Å². The SMILES string of the molecule is Cc1cc(C)c2c3c1B1c4cc(C(C)(C)C)ccc4N(c4ccc(C(C)(C)C)cc4-c4ccccc4)c4cc(N5c6ccc(C(C)(C)C)cc6C6(c7ccccc7)CCCCC56C)cc(c41)N3C1(C)CCCCC21C. The number of nitrogens with zero attached hydrogens (tertiary/aromatic N) is 3. The van der Waals surface area contributed by atoms with Crippen molar-refractivity contribution in [1.29, 1.82) is 0 Å². The van der Waals surface area contributed by atoms with E-state index in [1.807, 2.05) is 0 Å². The monoisotopic (exact) mass is 986 g/mol. The summed E-state index contributed by atoms with van der Waals surface area (Å²) in [5, 5.41) is 0. The summed E-state index contributed by atoms with van der Waals surface area (Å²) in [6.07, 6.45) is 9.52. The van der Waals surface area contributed by atoms with Gasteiger partial charge in [-0.05, 0) is 167 Å². The second kappa shape index (κ2) is 16.0. The van der Waals surface area contributed by atoms with Crippen LogP contribution in [-0.4, -0.2) is 17.8 Å². The Labute approximate surface area is 450 Å². The Morgan fingerprint density at radius 3 is 1.69 bits per heavy atom. The molecule has 7 aromatic carbocycles. The maximum Gasteiger partial charge on any atom is 0.252 e. The molecule has 6 aliphatic rings. The Bertz CT molecular complexity index is 3500. The van der Waals surface area contributed by atoms with Gasteiger partial charge in [0.1, 0.15) is 0 Å². The lowest BCUT2D eigenvalue weighted by atomic mass is 9.32. The molecule has 4 heterocycles. The summed E-state index contributed by atoms with van der Waals surface area (Å²) < 4.78 is 0. The molecular formula is C71H80BN3. The molecule has 4 unspecified atom stereocenters. The summed E-state index contributed by atoms with van der Waals surface area (Å²) in [5.74, 6) is 0. The average Bonchev–Trinajstić information content (AvgIpc) is 3.91. The molecule has 2 fully saturated rings. The van der Waals surface area contributed by atoms with Crippen molar-refractivity contribution in [1.82, 2.24) is 0 Å². The van der Waals surface area contributed by atoms with Gasteiger partial charge in [-0.1, -0.05) is 198 Å². The van der Waals surface area contributed by atoms with Crippen LogP contribution < -0.4 is 31.1 Å². The Kier molecular flexibility index (Phi) is 10.4. The number of anilines is 7. The van der Waals surface area contributed by atoms with Crippen LogP contribution in [-0.2, 0) is 27.1 Å². The lowest BCUT2D eigenvalue weighted by Crippen LogP contribution is -2.65. The van der Waals surface area contributed by atoms with E-state index in [0.29, 0.717) is 0 Å². The zero-order valence-corrected chi connectivity index (χ0v) is 47.8. The van der Waals surface area contributed by atoms with Crippen molar-refractivity contribution in [3.8, 4) is 11.1 Å². The number of hydrogen-bond acceptors (Lipinski definition) is 3. The molecule has 0 saturated heterocycles. The van der Waals surface area contributed by atoms with Gasteiger partial charge in [-0.3, -0.25) is 0 Å². The van der Waals surface area contributed by atoms with E-state index < -0.39 is 0 Å². The Morgan fingerprint density at radius 1 is 0.467 bits per heavy atom. The predicted octanol–water partition coefficient (Wildman–Crippen LogP) is 17.0. The number of fused-ring (bicyclic) bond motifs is 10. The summed E-state index contributed by atoms with van der Waals surface area (Å²) in [7, 11) is 0. The number of rotatable bonds is 4. The molecule has 0 aromatic heterocycles. The van der Waals surface area contributed by atoms with Crippen molar-refractivity contribution in [2.24, 2.45) is 0 Å². The van der Waals surface area contributed by atoms with Crippen LogP contribution in [0.2, 0.25) is 0 Å². The van der Waals surface area contributed by atoms with E-state index in [-0.39, 0.29) is 44.9 Å². The fourth-order valence-electron chi connectivity index (χ4n) is 16.5. The maximum atomic E-state index is 2.99. The summed E-state index contributed by atoms with van der Waals surface area (Å²) in [4.78, 5) is 8.64. The average molecular weight is 986 g/mol. The normalized spacial score (nSPS) is 24.3. The van der Waals surface area contributed by atoms with Crippen molar-refractivity contribution in [2.75, 3.05) is 14.7 Å². The van der Waals surface area contributed by atoms with Crippen LogP contribution in [0.25, 0.3) is 11.1 Å². The first-order valence-electron chi connectivity index (χ1n) is 28.8. The molecule has 0 bridgehead atoms. The fourth-order valence-corrected chi connectivity index (χ4v) is 16.5. The number of aryl methyl sites for hydroxylation is 2. The van der Waals surface area contributed by atoms with Crippen LogP contribution >= 0.6 is 0 Å². The third-order valence-corrected chi connectivity index (χ3v) is 20.6. The molecule has 0 spiro atoms. The van der Waals surface area contributed by atoms with Crippen molar-refractivity contribution in [3.05, 3.63) is 178 Å². The van der Waals surface area contributed by atoms with Gasteiger partial charge in [-0.25, -0.2) is 0 Å². The van der Waals surface area contributed by atoms with Gasteiger partial charge in [-0.15, -0.1) is 0 Å². The third-order valence-electron chi connectivity index (χ3n) is 20.6. The van der Waals surface area contributed by atoms with Gasteiger partial charge in [0, 0.05) is 50.5 Å². The largest absolute Gasteiger partial charge is 0.335 e. The van der Waals surface area contributed by atoms with E-state index >= 15 is 0 Å². The first-order valence-corrected chi connectivity index (χ1v) is 28.8. The van der Waals surface area contributed by atoms with Crippen LogP contribution in [0.15, 0.2) is 133 Å². The highest BCUT2D eigenvalue weighted by Gasteiger charge is 2.64. The summed E-state index contributed by atoms with van der Waals surface area (Å²) in [5.41, 5.74) is 27.3. The molecule has 0 amide bonds. The Balaban J connectivity index is 1.19. The predicted molar refractivity (Wildman–Crippen MR) is 322 cm³/mol. The van der Waals surface area contributed by atoms with Crippen molar-refractivity contribution in [3.63, 3.8) is 0 Å². The molecule has 4 atom stereocenters.